The number of anilines is 1. The Morgan fingerprint density at radius 3 is 2.72 bits per heavy atom. The van der Waals surface area contributed by atoms with Crippen molar-refractivity contribution in [2.24, 2.45) is 0 Å². The van der Waals surface area contributed by atoms with E-state index in [1.54, 1.807) is 0 Å². The quantitative estimate of drug-likeness (QED) is 0.545. The Morgan fingerprint density at radius 2 is 2.04 bits per heavy atom. The first kappa shape index (κ1) is 18.9. The Morgan fingerprint density at radius 1 is 1.32 bits per heavy atom. The number of alkyl carbamates (subject to hydrolysis) is 1. The van der Waals surface area contributed by atoms with E-state index < -0.39 is 18.3 Å². The summed E-state index contributed by atoms with van der Waals surface area (Å²) < 4.78 is 5.04. The molecule has 25 heavy (non-hydrogen) atoms. The fourth-order valence-electron chi connectivity index (χ4n) is 2.04. The fourth-order valence-corrected chi connectivity index (χ4v) is 2.29. The summed E-state index contributed by atoms with van der Waals surface area (Å²) >= 11 is 5.86. The number of amides is 1. The van der Waals surface area contributed by atoms with Crippen LogP contribution in [-0.4, -0.2) is 38.9 Å². The number of rotatable bonds is 7. The molecule has 0 bridgehead atoms. The van der Waals surface area contributed by atoms with Crippen LogP contribution in [0.3, 0.4) is 0 Å². The third kappa shape index (κ3) is 5.86. The van der Waals surface area contributed by atoms with E-state index in [0.717, 1.165) is 5.56 Å². The summed E-state index contributed by atoms with van der Waals surface area (Å²) in [5, 5.41) is 22.5. The minimum atomic E-state index is -1.30. The number of aliphatic hydroxyl groups excluding tert-OH is 2. The fraction of sp³-hybridized carbons (Fsp3) is 0.312. The van der Waals surface area contributed by atoms with Gasteiger partial charge in [-0.2, -0.15) is 0 Å². The maximum absolute atomic E-state index is 11.6. The van der Waals surface area contributed by atoms with Gasteiger partial charge in [0, 0.05) is 18.3 Å². The average Bonchev–Trinajstić information content (AvgIpc) is 2.60. The smallest absolute Gasteiger partial charge is 0.407 e. The van der Waals surface area contributed by atoms with E-state index in [1.165, 1.54) is 6.20 Å². The number of hydrogen-bond donors (Lipinski definition) is 4. The van der Waals surface area contributed by atoms with Crippen LogP contribution in [0.15, 0.2) is 36.5 Å². The van der Waals surface area contributed by atoms with Gasteiger partial charge in [0.2, 0.25) is 5.95 Å². The second-order valence-electron chi connectivity index (χ2n) is 5.26. The lowest BCUT2D eigenvalue weighted by Gasteiger charge is -2.18. The number of carbonyl (C=O) groups is 1. The van der Waals surface area contributed by atoms with Crippen molar-refractivity contribution in [1.29, 1.82) is 0 Å². The topological polar surface area (TPSA) is 131 Å². The highest BCUT2D eigenvalue weighted by Crippen LogP contribution is 2.24. The molecule has 0 fully saturated rings. The predicted octanol–water partition coefficient (Wildman–Crippen LogP) is 1.42. The average molecular weight is 367 g/mol. The summed E-state index contributed by atoms with van der Waals surface area (Å²) in [7, 11) is 0. The first-order valence-corrected chi connectivity index (χ1v) is 7.93. The monoisotopic (exact) mass is 366 g/mol. The number of halogens is 1. The van der Waals surface area contributed by atoms with Gasteiger partial charge >= 0.3 is 6.09 Å². The van der Waals surface area contributed by atoms with Gasteiger partial charge in [-0.3, -0.25) is 0 Å². The number of aromatic nitrogens is 2. The molecule has 8 nitrogen and oxygen atoms in total. The molecule has 9 heteroatoms. The summed E-state index contributed by atoms with van der Waals surface area (Å²) in [6.45, 7) is 0.259. The van der Waals surface area contributed by atoms with Gasteiger partial charge < -0.3 is 26.0 Å². The van der Waals surface area contributed by atoms with E-state index in [1.807, 2.05) is 30.3 Å². The molecule has 0 saturated heterocycles. The van der Waals surface area contributed by atoms with Gasteiger partial charge in [-0.05, 0) is 12.0 Å². The molecule has 0 radical (unpaired) electrons. The maximum atomic E-state index is 11.6. The van der Waals surface area contributed by atoms with Crippen LogP contribution in [0.2, 0.25) is 5.15 Å². The highest BCUT2D eigenvalue weighted by molar-refractivity contribution is 6.30. The Kier molecular flexibility index (Phi) is 6.93. The Labute approximate surface area is 149 Å². The SMILES string of the molecule is Nc1ncc(C(O)C(O)CCNC(=O)OCc2ccccc2)c(Cl)n1. The first-order chi connectivity index (χ1) is 12.0. The normalized spacial score (nSPS) is 13.1. The van der Waals surface area contributed by atoms with E-state index in [4.69, 9.17) is 22.1 Å². The zero-order valence-corrected chi connectivity index (χ0v) is 14.1. The van der Waals surface area contributed by atoms with Crippen LogP contribution in [0.4, 0.5) is 10.7 Å². The molecule has 1 amide bonds. The van der Waals surface area contributed by atoms with Gasteiger partial charge in [0.25, 0.3) is 0 Å². The Hall–Kier alpha value is -2.42. The van der Waals surface area contributed by atoms with Crippen molar-refractivity contribution in [2.45, 2.75) is 25.2 Å². The molecule has 0 aliphatic heterocycles. The molecule has 0 spiro atoms. The Balaban J connectivity index is 1.74. The second kappa shape index (κ2) is 9.16. The molecule has 2 aromatic rings. The molecule has 1 heterocycles. The minimum Gasteiger partial charge on any atom is -0.445 e. The van der Waals surface area contributed by atoms with Gasteiger partial charge in [0.05, 0.1) is 6.10 Å². The van der Waals surface area contributed by atoms with Gasteiger partial charge in [0.15, 0.2) is 0 Å². The molecular weight excluding hydrogens is 348 g/mol. The van der Waals surface area contributed by atoms with Crippen molar-refractivity contribution >= 4 is 23.6 Å². The van der Waals surface area contributed by atoms with E-state index >= 15 is 0 Å². The van der Waals surface area contributed by atoms with Crippen LogP contribution < -0.4 is 11.1 Å². The number of nitrogens with two attached hydrogens (primary N) is 1. The number of aliphatic hydroxyl groups is 2. The lowest BCUT2D eigenvalue weighted by atomic mass is 10.1. The first-order valence-electron chi connectivity index (χ1n) is 7.56. The lowest BCUT2D eigenvalue weighted by Crippen LogP contribution is -2.30. The third-order valence-electron chi connectivity index (χ3n) is 3.39. The number of hydrogen-bond acceptors (Lipinski definition) is 7. The molecule has 1 aromatic carbocycles. The van der Waals surface area contributed by atoms with Crippen molar-refractivity contribution in [2.75, 3.05) is 12.3 Å². The van der Waals surface area contributed by atoms with E-state index in [-0.39, 0.29) is 36.2 Å². The second-order valence-corrected chi connectivity index (χ2v) is 5.62. The molecule has 5 N–H and O–H groups in total. The Bertz CT molecular complexity index is 702. The van der Waals surface area contributed by atoms with Gasteiger partial charge in [-0.1, -0.05) is 41.9 Å². The highest BCUT2D eigenvalue weighted by Gasteiger charge is 2.22. The van der Waals surface area contributed by atoms with Crippen LogP contribution in [0, 0.1) is 0 Å². The van der Waals surface area contributed by atoms with Crippen LogP contribution in [0.25, 0.3) is 0 Å². The summed E-state index contributed by atoms with van der Waals surface area (Å²) in [5.41, 5.74) is 6.40. The number of nitrogens with zero attached hydrogens (tertiary/aromatic N) is 2. The number of nitrogens with one attached hydrogen (secondary N) is 1. The maximum Gasteiger partial charge on any atom is 0.407 e. The molecule has 2 rings (SSSR count). The predicted molar refractivity (Wildman–Crippen MR) is 91.7 cm³/mol. The van der Waals surface area contributed by atoms with Gasteiger partial charge in [-0.25, -0.2) is 14.8 Å². The van der Waals surface area contributed by atoms with Crippen LogP contribution >= 0.6 is 11.6 Å². The number of ether oxygens (including phenoxy) is 1. The summed E-state index contributed by atoms with van der Waals surface area (Å²) in [5.74, 6) is -0.0294. The van der Waals surface area contributed by atoms with Crippen molar-refractivity contribution in [3.63, 3.8) is 0 Å². The molecule has 0 aliphatic carbocycles. The van der Waals surface area contributed by atoms with Crippen molar-refractivity contribution in [1.82, 2.24) is 15.3 Å². The molecule has 2 atom stereocenters. The zero-order valence-electron chi connectivity index (χ0n) is 13.3. The molecule has 1 aromatic heterocycles. The molecule has 2 unspecified atom stereocenters. The number of benzene rings is 1. The summed E-state index contributed by atoms with van der Waals surface area (Å²) in [4.78, 5) is 19.0. The number of nitrogen functional groups attached to an aromatic ring is 1. The molecule has 0 aliphatic rings. The minimum absolute atomic E-state index is 0.0294. The molecule has 0 saturated carbocycles. The van der Waals surface area contributed by atoms with Crippen molar-refractivity contribution in [3.8, 4) is 0 Å². The van der Waals surface area contributed by atoms with Gasteiger partial charge in [-0.15, -0.1) is 0 Å². The van der Waals surface area contributed by atoms with Gasteiger partial charge in [0.1, 0.15) is 17.9 Å². The van der Waals surface area contributed by atoms with Crippen molar-refractivity contribution < 1.29 is 19.7 Å². The standard InChI is InChI=1S/C16H19ClN4O4/c17-14-11(8-20-15(18)21-14)13(23)12(22)6-7-19-16(24)25-9-10-4-2-1-3-5-10/h1-5,8,12-13,22-23H,6-7,9H2,(H,19,24)(H2,18,20,21). The lowest BCUT2D eigenvalue weighted by molar-refractivity contribution is 0.0133. The zero-order chi connectivity index (χ0) is 18.2. The number of carbonyl (C=O) groups excluding carboxylic acids is 1. The van der Waals surface area contributed by atoms with E-state index in [2.05, 4.69) is 15.3 Å². The summed E-state index contributed by atoms with van der Waals surface area (Å²) in [6, 6.07) is 9.24. The van der Waals surface area contributed by atoms with E-state index in [0.29, 0.717) is 0 Å². The van der Waals surface area contributed by atoms with Crippen LogP contribution in [-0.2, 0) is 11.3 Å². The summed E-state index contributed by atoms with van der Waals surface area (Å²) in [6.07, 6.45) is -1.74. The largest absolute Gasteiger partial charge is 0.445 e. The molecule has 134 valence electrons. The van der Waals surface area contributed by atoms with E-state index in [9.17, 15) is 15.0 Å². The van der Waals surface area contributed by atoms with Crippen molar-refractivity contribution in [3.05, 3.63) is 52.8 Å². The highest BCUT2D eigenvalue weighted by atomic mass is 35.5. The van der Waals surface area contributed by atoms with Crippen LogP contribution in [0.1, 0.15) is 23.7 Å². The third-order valence-corrected chi connectivity index (χ3v) is 3.69. The molecular formula is C16H19ClN4O4. The van der Waals surface area contributed by atoms with Crippen LogP contribution in [0.5, 0.6) is 0 Å².